The Bertz CT molecular complexity index is 1210. The predicted molar refractivity (Wildman–Crippen MR) is 147 cm³/mol. The SMILES string of the molecule is C=C(/C=C(C)\C(=C/C)c1cc2cnc(N(C)C(=O)OC(C)(C)C)cc2cn1)C(=O)CCC(F)(F)F.CCC. The summed E-state index contributed by atoms with van der Waals surface area (Å²) in [6.07, 6.45) is 1.02. The van der Waals surface area contributed by atoms with E-state index in [4.69, 9.17) is 4.74 Å². The van der Waals surface area contributed by atoms with Crippen molar-refractivity contribution in [2.75, 3.05) is 11.9 Å². The first-order valence-corrected chi connectivity index (χ1v) is 12.4. The fourth-order valence-electron chi connectivity index (χ4n) is 3.19. The number of nitrogens with zero attached hydrogens (tertiary/aromatic N) is 3. The van der Waals surface area contributed by atoms with Gasteiger partial charge in [0.25, 0.3) is 0 Å². The van der Waals surface area contributed by atoms with Crippen molar-refractivity contribution in [3.63, 3.8) is 0 Å². The summed E-state index contributed by atoms with van der Waals surface area (Å²) in [7, 11) is 1.57. The summed E-state index contributed by atoms with van der Waals surface area (Å²) in [5, 5.41) is 1.52. The summed E-state index contributed by atoms with van der Waals surface area (Å²) in [5.74, 6) is -0.258. The second-order valence-electron chi connectivity index (χ2n) is 9.80. The molecule has 6 nitrogen and oxygen atoms in total. The molecule has 0 fully saturated rings. The van der Waals surface area contributed by atoms with E-state index in [9.17, 15) is 22.8 Å². The van der Waals surface area contributed by atoms with Gasteiger partial charge in [-0.25, -0.2) is 9.78 Å². The summed E-state index contributed by atoms with van der Waals surface area (Å²) in [6.45, 7) is 16.7. The largest absolute Gasteiger partial charge is 0.443 e. The molecular weight excluding hydrogens is 495 g/mol. The number of allylic oxidation sites excluding steroid dienone is 5. The van der Waals surface area contributed by atoms with Crippen molar-refractivity contribution in [1.29, 1.82) is 0 Å². The molecule has 0 saturated heterocycles. The number of ketones is 1. The normalized spacial score (nSPS) is 12.5. The van der Waals surface area contributed by atoms with Crippen molar-refractivity contribution in [3.8, 4) is 0 Å². The van der Waals surface area contributed by atoms with Crippen LogP contribution in [0.2, 0.25) is 0 Å². The van der Waals surface area contributed by atoms with Gasteiger partial charge in [0, 0.05) is 42.2 Å². The number of pyridine rings is 2. The fourth-order valence-corrected chi connectivity index (χ4v) is 3.19. The summed E-state index contributed by atoms with van der Waals surface area (Å²) >= 11 is 0. The molecule has 0 saturated carbocycles. The highest BCUT2D eigenvalue weighted by Crippen LogP contribution is 2.28. The Morgan fingerprint density at radius 2 is 1.63 bits per heavy atom. The van der Waals surface area contributed by atoms with Gasteiger partial charge in [0.15, 0.2) is 5.78 Å². The molecule has 1 amide bonds. The Kier molecular flexibility index (Phi) is 11.9. The van der Waals surface area contributed by atoms with Crippen LogP contribution in [0.15, 0.2) is 54.4 Å². The van der Waals surface area contributed by atoms with Crippen LogP contribution < -0.4 is 4.90 Å². The van der Waals surface area contributed by atoms with E-state index < -0.39 is 36.5 Å². The number of alkyl halides is 3. The molecule has 0 aliphatic carbocycles. The molecule has 0 aromatic carbocycles. The number of hydrogen-bond acceptors (Lipinski definition) is 5. The van der Waals surface area contributed by atoms with Crippen LogP contribution in [-0.4, -0.2) is 40.7 Å². The van der Waals surface area contributed by atoms with Crippen molar-refractivity contribution in [1.82, 2.24) is 9.97 Å². The second-order valence-corrected chi connectivity index (χ2v) is 9.80. The minimum atomic E-state index is -4.40. The maximum Gasteiger partial charge on any atom is 0.415 e. The summed E-state index contributed by atoms with van der Waals surface area (Å²) in [6, 6.07) is 3.52. The Labute approximate surface area is 223 Å². The van der Waals surface area contributed by atoms with Crippen LogP contribution in [-0.2, 0) is 9.53 Å². The van der Waals surface area contributed by atoms with Gasteiger partial charge in [-0.05, 0) is 64.0 Å². The molecule has 2 rings (SSSR count). The number of carbonyl (C=O) groups is 2. The number of hydrogen-bond donors (Lipinski definition) is 0. The molecule has 2 aromatic rings. The van der Waals surface area contributed by atoms with E-state index in [0.29, 0.717) is 22.7 Å². The van der Waals surface area contributed by atoms with E-state index in [2.05, 4.69) is 30.4 Å². The zero-order valence-corrected chi connectivity index (χ0v) is 23.5. The molecule has 0 unspecified atom stereocenters. The highest BCUT2D eigenvalue weighted by molar-refractivity contribution is 5.98. The van der Waals surface area contributed by atoms with Gasteiger partial charge in [-0.1, -0.05) is 32.9 Å². The standard InChI is InChI=1S/C26H30F3N3O3.C3H8/c1-8-20(16(2)11-17(3)22(33)9-10-26(27,28)29)21-12-18-15-31-23(13-19(18)14-30-21)32(7)24(34)35-25(4,5)6;1-3-2/h8,11-15H,3,9-10H2,1-2,4-7H3;3H2,1-2H3/b16-11-,20-8+;. The van der Waals surface area contributed by atoms with E-state index in [1.165, 1.54) is 17.4 Å². The Morgan fingerprint density at radius 1 is 1.08 bits per heavy atom. The van der Waals surface area contributed by atoms with Crippen LogP contribution in [0.4, 0.5) is 23.8 Å². The van der Waals surface area contributed by atoms with Gasteiger partial charge in [-0.15, -0.1) is 0 Å². The van der Waals surface area contributed by atoms with Crippen LogP contribution >= 0.6 is 0 Å². The first kappa shape index (κ1) is 32.5. The lowest BCUT2D eigenvalue weighted by Crippen LogP contribution is -2.34. The van der Waals surface area contributed by atoms with Crippen molar-refractivity contribution >= 4 is 34.0 Å². The van der Waals surface area contributed by atoms with Crippen molar-refractivity contribution in [2.45, 2.75) is 79.5 Å². The molecule has 0 atom stereocenters. The van der Waals surface area contributed by atoms with Crippen molar-refractivity contribution < 1.29 is 27.5 Å². The molecule has 2 heterocycles. The molecule has 0 N–H and O–H groups in total. The number of halogens is 3. The van der Waals surface area contributed by atoms with Gasteiger partial charge >= 0.3 is 12.3 Å². The number of carbonyl (C=O) groups excluding carboxylic acids is 2. The average molecular weight is 534 g/mol. The predicted octanol–water partition coefficient (Wildman–Crippen LogP) is 8.23. The monoisotopic (exact) mass is 533 g/mol. The summed E-state index contributed by atoms with van der Waals surface area (Å²) < 4.78 is 42.6. The van der Waals surface area contributed by atoms with Gasteiger partial charge in [0.1, 0.15) is 11.4 Å². The maximum atomic E-state index is 12.4. The minimum Gasteiger partial charge on any atom is -0.443 e. The number of fused-ring (bicyclic) bond motifs is 1. The summed E-state index contributed by atoms with van der Waals surface area (Å²) in [4.78, 5) is 34.5. The van der Waals surface area contributed by atoms with E-state index in [-0.39, 0.29) is 5.57 Å². The Hall–Kier alpha value is -3.49. The molecule has 38 heavy (non-hydrogen) atoms. The minimum absolute atomic E-state index is 0.00313. The average Bonchev–Trinajstić information content (AvgIpc) is 2.81. The molecule has 0 bridgehead atoms. The van der Waals surface area contributed by atoms with E-state index >= 15 is 0 Å². The van der Waals surface area contributed by atoms with Crippen LogP contribution in [0.25, 0.3) is 16.3 Å². The lowest BCUT2D eigenvalue weighted by atomic mass is 9.98. The second kappa shape index (κ2) is 13.9. The number of aromatic nitrogens is 2. The maximum absolute atomic E-state index is 12.4. The molecule has 0 spiro atoms. The van der Waals surface area contributed by atoms with E-state index in [0.717, 1.165) is 10.8 Å². The van der Waals surface area contributed by atoms with Crippen molar-refractivity contribution in [2.24, 2.45) is 0 Å². The van der Waals surface area contributed by atoms with Gasteiger partial charge in [0.2, 0.25) is 0 Å². The first-order valence-electron chi connectivity index (χ1n) is 12.4. The lowest BCUT2D eigenvalue weighted by Gasteiger charge is -2.24. The Morgan fingerprint density at radius 3 is 2.16 bits per heavy atom. The highest BCUT2D eigenvalue weighted by atomic mass is 19.4. The molecule has 0 aliphatic heterocycles. The quantitative estimate of drug-likeness (QED) is 0.265. The fraction of sp³-hybridized carbons (Fsp3) is 0.448. The van der Waals surface area contributed by atoms with E-state index in [1.54, 1.807) is 72.3 Å². The topological polar surface area (TPSA) is 72.4 Å². The third kappa shape index (κ3) is 10.5. The Balaban J connectivity index is 0.00000229. The number of rotatable bonds is 7. The van der Waals surface area contributed by atoms with Crippen LogP contribution in [0.3, 0.4) is 0 Å². The van der Waals surface area contributed by atoms with Crippen molar-refractivity contribution in [3.05, 3.63) is 60.1 Å². The molecule has 2 aromatic heterocycles. The van der Waals surface area contributed by atoms with Gasteiger partial charge in [-0.2, -0.15) is 13.2 Å². The zero-order chi connectivity index (χ0) is 29.3. The van der Waals surface area contributed by atoms with Gasteiger partial charge in [-0.3, -0.25) is 14.7 Å². The number of Topliss-reactive ketones (excluding diaryl/α,β-unsaturated/α-hetero) is 1. The molecule has 0 radical (unpaired) electrons. The highest BCUT2D eigenvalue weighted by Gasteiger charge is 2.28. The van der Waals surface area contributed by atoms with E-state index in [1.807, 2.05) is 0 Å². The summed E-state index contributed by atoms with van der Waals surface area (Å²) in [5.41, 5.74) is 1.30. The van der Waals surface area contributed by atoms with Crippen LogP contribution in [0, 0.1) is 0 Å². The molecule has 0 aliphatic rings. The van der Waals surface area contributed by atoms with Crippen LogP contribution in [0.5, 0.6) is 0 Å². The van der Waals surface area contributed by atoms with Crippen LogP contribution in [0.1, 0.15) is 73.4 Å². The first-order chi connectivity index (χ1) is 17.5. The number of amides is 1. The third-order valence-corrected chi connectivity index (χ3v) is 4.97. The number of anilines is 1. The zero-order valence-electron chi connectivity index (χ0n) is 23.5. The third-order valence-electron chi connectivity index (χ3n) is 4.97. The lowest BCUT2D eigenvalue weighted by molar-refractivity contribution is -0.141. The van der Waals surface area contributed by atoms with Gasteiger partial charge in [0.05, 0.1) is 12.1 Å². The smallest absolute Gasteiger partial charge is 0.415 e. The number of ether oxygens (including phenoxy) is 1. The molecule has 9 heteroatoms. The molecule has 208 valence electrons. The molecular formula is C29H38F3N3O3. The van der Waals surface area contributed by atoms with Gasteiger partial charge < -0.3 is 4.74 Å².